The van der Waals surface area contributed by atoms with Crippen molar-refractivity contribution in [2.75, 3.05) is 25.4 Å². The predicted molar refractivity (Wildman–Crippen MR) is 203 cm³/mol. The second kappa shape index (κ2) is 21.0. The molecule has 286 valence electrons. The highest BCUT2D eigenvalue weighted by Gasteiger charge is 2.30. The van der Waals surface area contributed by atoms with Crippen molar-refractivity contribution in [2.45, 2.75) is 126 Å². The van der Waals surface area contributed by atoms with E-state index in [4.69, 9.17) is 4.74 Å². The fourth-order valence-corrected chi connectivity index (χ4v) is 7.59. The maximum atomic E-state index is 13.5. The molecule has 1 saturated carbocycles. The number of hydrogen-bond donors (Lipinski definition) is 5. The Morgan fingerprint density at radius 1 is 0.962 bits per heavy atom. The van der Waals surface area contributed by atoms with Gasteiger partial charge in [-0.1, -0.05) is 68.5 Å². The number of ether oxygens (including phenoxy) is 1. The van der Waals surface area contributed by atoms with Crippen LogP contribution in [0.15, 0.2) is 59.8 Å². The Labute approximate surface area is 313 Å². The van der Waals surface area contributed by atoms with Crippen molar-refractivity contribution < 1.29 is 29.0 Å². The van der Waals surface area contributed by atoms with Crippen molar-refractivity contribution in [2.24, 2.45) is 5.92 Å². The molecule has 52 heavy (non-hydrogen) atoms. The SMILES string of the molecule is CC(C)(C)OC(=O)NC1CCN(C(=O)N[C@@H](Cc2ccccc2)C(=O)NCCC(=O)N[C@@H](CC2CCCCC2)[C@@H](O)CCSc2ccccn2)CC1. The number of rotatable bonds is 16. The zero-order chi connectivity index (χ0) is 37.3. The van der Waals surface area contributed by atoms with E-state index >= 15 is 0 Å². The molecule has 13 heteroatoms. The van der Waals surface area contributed by atoms with Gasteiger partial charge in [0.2, 0.25) is 11.8 Å². The number of aliphatic hydroxyl groups is 1. The smallest absolute Gasteiger partial charge is 0.407 e. The second-order valence-corrected chi connectivity index (χ2v) is 16.0. The summed E-state index contributed by atoms with van der Waals surface area (Å²) in [5.41, 5.74) is 0.296. The highest BCUT2D eigenvalue weighted by Crippen LogP contribution is 2.29. The summed E-state index contributed by atoms with van der Waals surface area (Å²) < 4.78 is 5.36. The molecule has 12 nitrogen and oxygen atoms in total. The first kappa shape index (κ1) is 40.9. The summed E-state index contributed by atoms with van der Waals surface area (Å²) in [6, 6.07) is 13.5. The van der Waals surface area contributed by atoms with Crippen LogP contribution in [0.5, 0.6) is 0 Å². The van der Waals surface area contributed by atoms with Crippen LogP contribution in [0.4, 0.5) is 9.59 Å². The number of piperidine rings is 1. The van der Waals surface area contributed by atoms with Gasteiger partial charge in [-0.05, 0) is 70.1 Å². The van der Waals surface area contributed by atoms with Crippen LogP contribution in [0.1, 0.15) is 90.5 Å². The number of carbonyl (C=O) groups is 4. The highest BCUT2D eigenvalue weighted by atomic mass is 32.2. The molecule has 0 spiro atoms. The van der Waals surface area contributed by atoms with Gasteiger partial charge in [0, 0.05) is 50.5 Å². The summed E-state index contributed by atoms with van der Waals surface area (Å²) in [6.45, 7) is 6.36. The molecule has 0 bridgehead atoms. The van der Waals surface area contributed by atoms with Gasteiger partial charge in [-0.25, -0.2) is 14.6 Å². The average Bonchev–Trinajstić information content (AvgIpc) is 3.11. The van der Waals surface area contributed by atoms with Crippen LogP contribution in [0.2, 0.25) is 0 Å². The number of urea groups is 1. The lowest BCUT2D eigenvalue weighted by Crippen LogP contribution is -2.55. The number of aromatic nitrogens is 1. The van der Waals surface area contributed by atoms with Crippen molar-refractivity contribution >= 4 is 35.7 Å². The van der Waals surface area contributed by atoms with Crippen LogP contribution in [0, 0.1) is 5.92 Å². The zero-order valence-electron chi connectivity index (χ0n) is 31.0. The van der Waals surface area contributed by atoms with E-state index in [0.717, 1.165) is 29.9 Å². The summed E-state index contributed by atoms with van der Waals surface area (Å²) in [5.74, 6) is 0.535. The maximum absolute atomic E-state index is 13.5. The Balaban J connectivity index is 1.27. The standard InChI is InChI=1S/C39H58N6O6S/c1-39(2,3)51-38(50)42-30-18-23-45(24-19-30)37(49)44-32(27-29-14-8-5-9-15-29)36(48)41-22-17-34(47)43-31(26-28-12-6-4-7-13-28)33(46)20-25-52-35-16-10-11-21-40-35/h5,8-11,14-16,21,28,30-33,46H,4,6-7,12-13,17-20,22-27H2,1-3H3,(H,41,48)(H,42,50)(H,43,47)(H,44,49)/t31-,32-,33-/m0/s1. The molecule has 5 N–H and O–H groups in total. The normalized spacial score (nSPS) is 17.3. The second-order valence-electron chi connectivity index (χ2n) is 14.9. The van der Waals surface area contributed by atoms with Crippen LogP contribution in [-0.4, -0.2) is 94.1 Å². The summed E-state index contributed by atoms with van der Waals surface area (Å²) in [4.78, 5) is 58.2. The van der Waals surface area contributed by atoms with Gasteiger partial charge in [-0.3, -0.25) is 9.59 Å². The molecule has 1 aromatic carbocycles. The Morgan fingerprint density at radius 2 is 1.67 bits per heavy atom. The van der Waals surface area contributed by atoms with E-state index < -0.39 is 23.8 Å². The minimum Gasteiger partial charge on any atom is -0.444 e. The summed E-state index contributed by atoms with van der Waals surface area (Å²) >= 11 is 1.58. The lowest BCUT2D eigenvalue weighted by Gasteiger charge is -2.33. The fourth-order valence-electron chi connectivity index (χ4n) is 6.71. The minimum atomic E-state index is -0.854. The third-order valence-electron chi connectivity index (χ3n) is 9.48. The lowest BCUT2D eigenvalue weighted by atomic mass is 9.83. The van der Waals surface area contributed by atoms with E-state index in [1.165, 1.54) is 19.3 Å². The third-order valence-corrected chi connectivity index (χ3v) is 10.5. The van der Waals surface area contributed by atoms with Gasteiger partial charge >= 0.3 is 12.1 Å². The Bertz CT molecular complexity index is 1400. The highest BCUT2D eigenvalue weighted by molar-refractivity contribution is 7.99. The number of nitrogens with zero attached hydrogens (tertiary/aromatic N) is 2. The van der Waals surface area contributed by atoms with Gasteiger partial charge in [-0.2, -0.15) is 0 Å². The predicted octanol–water partition coefficient (Wildman–Crippen LogP) is 5.20. The number of hydrogen-bond acceptors (Lipinski definition) is 8. The molecule has 4 rings (SSSR count). The van der Waals surface area contributed by atoms with Crippen molar-refractivity contribution in [3.05, 3.63) is 60.3 Å². The van der Waals surface area contributed by atoms with Crippen LogP contribution in [-0.2, 0) is 20.7 Å². The molecule has 2 aliphatic rings. The van der Waals surface area contributed by atoms with E-state index in [1.807, 2.05) is 69.3 Å². The molecule has 1 saturated heterocycles. The van der Waals surface area contributed by atoms with E-state index in [0.29, 0.717) is 44.0 Å². The van der Waals surface area contributed by atoms with Crippen LogP contribution in [0.3, 0.4) is 0 Å². The molecular formula is C39H58N6O6S. The molecule has 1 aliphatic heterocycles. The van der Waals surface area contributed by atoms with Crippen molar-refractivity contribution in [3.63, 3.8) is 0 Å². The molecule has 0 unspecified atom stereocenters. The van der Waals surface area contributed by atoms with Gasteiger partial charge < -0.3 is 36.0 Å². The number of likely N-dealkylation sites (tertiary alicyclic amines) is 1. The number of thioether (sulfide) groups is 1. The third kappa shape index (κ3) is 15.0. The van der Waals surface area contributed by atoms with Crippen LogP contribution >= 0.6 is 11.8 Å². The van der Waals surface area contributed by atoms with E-state index in [1.54, 1.807) is 22.9 Å². The van der Waals surface area contributed by atoms with Gasteiger partial charge in [-0.15, -0.1) is 11.8 Å². The quantitative estimate of drug-likeness (QED) is 0.147. The summed E-state index contributed by atoms with van der Waals surface area (Å²) in [6.07, 6.45) is 9.08. The Hall–Kier alpha value is -3.84. The maximum Gasteiger partial charge on any atom is 0.407 e. The van der Waals surface area contributed by atoms with Gasteiger partial charge in [0.1, 0.15) is 11.6 Å². The molecule has 2 fully saturated rings. The Kier molecular flexibility index (Phi) is 16.5. The number of benzene rings is 1. The first-order valence-electron chi connectivity index (χ1n) is 18.8. The number of nitrogens with one attached hydrogen (secondary N) is 4. The first-order valence-corrected chi connectivity index (χ1v) is 19.8. The van der Waals surface area contributed by atoms with E-state index in [2.05, 4.69) is 26.3 Å². The number of alkyl carbamates (subject to hydrolysis) is 1. The summed E-state index contributed by atoms with van der Waals surface area (Å²) in [7, 11) is 0. The van der Waals surface area contributed by atoms with Gasteiger partial charge in [0.25, 0.3) is 0 Å². The molecule has 1 aliphatic carbocycles. The number of amides is 5. The Morgan fingerprint density at radius 3 is 2.35 bits per heavy atom. The first-order chi connectivity index (χ1) is 24.9. The van der Waals surface area contributed by atoms with E-state index in [9.17, 15) is 24.3 Å². The number of pyridine rings is 1. The van der Waals surface area contributed by atoms with Gasteiger partial charge in [0.05, 0.1) is 17.2 Å². The molecule has 5 amide bonds. The molecule has 1 aromatic heterocycles. The van der Waals surface area contributed by atoms with Crippen LogP contribution in [0.25, 0.3) is 0 Å². The van der Waals surface area contributed by atoms with E-state index in [-0.39, 0.29) is 49.3 Å². The average molecular weight is 739 g/mol. The molecule has 2 heterocycles. The molecule has 2 aromatic rings. The zero-order valence-corrected chi connectivity index (χ0v) is 31.8. The lowest BCUT2D eigenvalue weighted by molar-refractivity contribution is -0.124. The molecule has 0 radical (unpaired) electrons. The topological polar surface area (TPSA) is 162 Å². The fraction of sp³-hybridized carbons (Fsp3) is 0.615. The van der Waals surface area contributed by atoms with Crippen molar-refractivity contribution in [1.29, 1.82) is 0 Å². The van der Waals surface area contributed by atoms with Gasteiger partial charge in [0.15, 0.2) is 0 Å². The van der Waals surface area contributed by atoms with Crippen LogP contribution < -0.4 is 21.3 Å². The molecular weight excluding hydrogens is 681 g/mol. The monoisotopic (exact) mass is 738 g/mol. The number of aliphatic hydroxyl groups excluding tert-OH is 1. The molecule has 3 atom stereocenters. The number of carbonyl (C=O) groups excluding carboxylic acids is 4. The van der Waals surface area contributed by atoms with Crippen molar-refractivity contribution in [3.8, 4) is 0 Å². The summed E-state index contributed by atoms with van der Waals surface area (Å²) in [5, 5.41) is 23.8. The minimum absolute atomic E-state index is 0.0481. The largest absolute Gasteiger partial charge is 0.444 e. The van der Waals surface area contributed by atoms with Crippen molar-refractivity contribution in [1.82, 2.24) is 31.2 Å².